The monoisotopic (exact) mass is 308 g/mol. The van der Waals surface area contributed by atoms with E-state index >= 15 is 0 Å². The van der Waals surface area contributed by atoms with E-state index in [0.29, 0.717) is 17.5 Å². The summed E-state index contributed by atoms with van der Waals surface area (Å²) >= 11 is 3.23. The van der Waals surface area contributed by atoms with Gasteiger partial charge >= 0.3 is 0 Å². The van der Waals surface area contributed by atoms with Gasteiger partial charge in [0.2, 0.25) is 5.75 Å². The first-order valence-corrected chi connectivity index (χ1v) is 6.61. The summed E-state index contributed by atoms with van der Waals surface area (Å²) in [6.07, 6.45) is 0. The summed E-state index contributed by atoms with van der Waals surface area (Å²) in [6, 6.07) is 13.0. The van der Waals surface area contributed by atoms with Gasteiger partial charge in [0.25, 0.3) is 0 Å². The molecule has 0 spiro atoms. The fourth-order valence-corrected chi connectivity index (χ4v) is 2.02. The van der Waals surface area contributed by atoms with E-state index in [9.17, 15) is 10.2 Å². The average molecular weight is 309 g/mol. The molecule has 2 aromatic rings. The van der Waals surface area contributed by atoms with E-state index in [-0.39, 0.29) is 17.2 Å². The molecule has 0 saturated heterocycles. The topological polar surface area (TPSA) is 49.7 Å². The molecule has 0 aliphatic carbocycles. The summed E-state index contributed by atoms with van der Waals surface area (Å²) in [4.78, 5) is 0. The van der Waals surface area contributed by atoms with Gasteiger partial charge in [-0.15, -0.1) is 0 Å². The smallest absolute Gasteiger partial charge is 0.200 e. The number of alkyl halides is 1. The van der Waals surface area contributed by atoms with Crippen LogP contribution in [0, 0.1) is 0 Å². The molecular weight excluding hydrogens is 296 g/mol. The van der Waals surface area contributed by atoms with Crippen LogP contribution in [0.4, 0.5) is 0 Å². The highest BCUT2D eigenvalue weighted by molar-refractivity contribution is 9.08. The van der Waals surface area contributed by atoms with Gasteiger partial charge < -0.3 is 14.9 Å². The third-order valence-corrected chi connectivity index (χ3v) is 3.18. The molecule has 0 atom stereocenters. The number of aromatic hydroxyl groups is 2. The molecule has 0 bridgehead atoms. The normalized spacial score (nSPS) is 10.3. The van der Waals surface area contributed by atoms with Crippen LogP contribution in [0.3, 0.4) is 0 Å². The zero-order valence-corrected chi connectivity index (χ0v) is 11.2. The van der Waals surface area contributed by atoms with Gasteiger partial charge in [-0.05, 0) is 11.6 Å². The summed E-state index contributed by atoms with van der Waals surface area (Å²) in [5, 5.41) is 20.0. The highest BCUT2D eigenvalue weighted by Gasteiger charge is 2.11. The fraction of sp³-hybridized carbons (Fsp3) is 0.143. The Morgan fingerprint density at radius 3 is 2.33 bits per heavy atom. The first-order chi connectivity index (χ1) is 8.72. The molecule has 18 heavy (non-hydrogen) atoms. The molecule has 4 heteroatoms. The number of hydrogen-bond acceptors (Lipinski definition) is 3. The van der Waals surface area contributed by atoms with Gasteiger partial charge in [0.05, 0.1) is 0 Å². The first kappa shape index (κ1) is 12.8. The molecule has 2 aromatic carbocycles. The largest absolute Gasteiger partial charge is 0.504 e. The lowest BCUT2D eigenvalue weighted by atomic mass is 10.2. The molecule has 0 aliphatic heterocycles. The zero-order chi connectivity index (χ0) is 13.0. The molecule has 94 valence electrons. The van der Waals surface area contributed by atoms with Crippen LogP contribution in [-0.2, 0) is 11.9 Å². The van der Waals surface area contributed by atoms with Crippen molar-refractivity contribution in [1.82, 2.24) is 0 Å². The van der Waals surface area contributed by atoms with Crippen molar-refractivity contribution in [3.63, 3.8) is 0 Å². The summed E-state index contributed by atoms with van der Waals surface area (Å²) in [5.74, 6) is -0.0821. The van der Waals surface area contributed by atoms with Crippen LogP contribution >= 0.6 is 15.9 Å². The molecule has 2 N–H and O–H groups in total. The Hall–Kier alpha value is -1.68. The van der Waals surface area contributed by atoms with Crippen molar-refractivity contribution >= 4 is 15.9 Å². The van der Waals surface area contributed by atoms with Crippen LogP contribution in [0.25, 0.3) is 0 Å². The first-order valence-electron chi connectivity index (χ1n) is 5.49. The van der Waals surface area contributed by atoms with Gasteiger partial charge in [-0.1, -0.05) is 52.3 Å². The molecule has 2 rings (SSSR count). The van der Waals surface area contributed by atoms with E-state index in [1.165, 1.54) is 0 Å². The maximum atomic E-state index is 9.79. The number of halogens is 1. The summed E-state index contributed by atoms with van der Waals surface area (Å²) in [5.41, 5.74) is 1.63. The second-order valence-corrected chi connectivity index (χ2v) is 4.39. The Morgan fingerprint density at radius 2 is 1.67 bits per heavy atom. The van der Waals surface area contributed by atoms with E-state index in [0.717, 1.165) is 5.56 Å². The Bertz CT molecular complexity index is 526. The molecule has 3 nitrogen and oxygen atoms in total. The minimum absolute atomic E-state index is 0.141. The molecular formula is C14H13BrO3. The Kier molecular flexibility index (Phi) is 4.10. The van der Waals surface area contributed by atoms with Gasteiger partial charge in [0.15, 0.2) is 11.5 Å². The van der Waals surface area contributed by atoms with E-state index in [1.54, 1.807) is 12.1 Å². The number of hydrogen-bond donors (Lipinski definition) is 2. The van der Waals surface area contributed by atoms with Crippen LogP contribution in [0.1, 0.15) is 11.1 Å². The molecule has 0 unspecified atom stereocenters. The maximum absolute atomic E-state index is 9.79. The standard InChI is InChI=1S/C14H13BrO3/c15-8-11-6-7-12(14(17)13(11)16)18-9-10-4-2-1-3-5-10/h1-7,16-17H,8-9H2. The highest BCUT2D eigenvalue weighted by atomic mass is 79.9. The van der Waals surface area contributed by atoms with Gasteiger partial charge in [-0.25, -0.2) is 0 Å². The third-order valence-electron chi connectivity index (χ3n) is 2.58. The van der Waals surface area contributed by atoms with Crippen molar-refractivity contribution in [3.05, 3.63) is 53.6 Å². The van der Waals surface area contributed by atoms with E-state index < -0.39 is 0 Å². The predicted octanol–water partition coefficient (Wildman–Crippen LogP) is 3.57. The van der Waals surface area contributed by atoms with Gasteiger partial charge in [0.1, 0.15) is 6.61 Å². The van der Waals surface area contributed by atoms with Crippen LogP contribution in [0.5, 0.6) is 17.2 Å². The Balaban J connectivity index is 2.13. The van der Waals surface area contributed by atoms with Crippen molar-refractivity contribution in [2.45, 2.75) is 11.9 Å². The van der Waals surface area contributed by atoms with Crippen molar-refractivity contribution in [2.24, 2.45) is 0 Å². The number of rotatable bonds is 4. The summed E-state index contributed by atoms with van der Waals surface area (Å²) in [7, 11) is 0. The minimum atomic E-state index is -0.220. The average Bonchev–Trinajstić information content (AvgIpc) is 2.42. The number of ether oxygens (including phenoxy) is 1. The quantitative estimate of drug-likeness (QED) is 0.670. The lowest BCUT2D eigenvalue weighted by Gasteiger charge is -2.11. The molecule has 0 heterocycles. The highest BCUT2D eigenvalue weighted by Crippen LogP contribution is 2.39. The SMILES string of the molecule is Oc1c(CBr)ccc(OCc2ccccc2)c1O. The fourth-order valence-electron chi connectivity index (χ4n) is 1.56. The second kappa shape index (κ2) is 5.78. The van der Waals surface area contributed by atoms with Gasteiger partial charge in [-0.2, -0.15) is 0 Å². The van der Waals surface area contributed by atoms with E-state index in [4.69, 9.17) is 4.74 Å². The Labute approximate surface area is 114 Å². The molecule has 0 radical (unpaired) electrons. The van der Waals surface area contributed by atoms with Crippen molar-refractivity contribution < 1.29 is 14.9 Å². The minimum Gasteiger partial charge on any atom is -0.504 e. The van der Waals surface area contributed by atoms with Crippen molar-refractivity contribution in [2.75, 3.05) is 0 Å². The van der Waals surface area contributed by atoms with E-state index in [1.807, 2.05) is 30.3 Å². The summed E-state index contributed by atoms with van der Waals surface area (Å²) in [6.45, 7) is 0.349. The summed E-state index contributed by atoms with van der Waals surface area (Å²) < 4.78 is 5.48. The molecule has 0 saturated carbocycles. The molecule has 0 amide bonds. The van der Waals surface area contributed by atoms with Crippen molar-refractivity contribution in [1.29, 1.82) is 0 Å². The predicted molar refractivity (Wildman–Crippen MR) is 73.2 cm³/mol. The third kappa shape index (κ3) is 2.76. The van der Waals surface area contributed by atoms with Gasteiger partial charge in [-0.3, -0.25) is 0 Å². The molecule has 0 aliphatic rings. The number of phenolic OH excluding ortho intramolecular Hbond substituents is 2. The maximum Gasteiger partial charge on any atom is 0.200 e. The van der Waals surface area contributed by atoms with Crippen LogP contribution in [-0.4, -0.2) is 10.2 Å². The number of benzene rings is 2. The van der Waals surface area contributed by atoms with Crippen LogP contribution in [0.15, 0.2) is 42.5 Å². The molecule has 0 aromatic heterocycles. The Morgan fingerprint density at radius 1 is 0.944 bits per heavy atom. The number of phenols is 2. The lowest BCUT2D eigenvalue weighted by molar-refractivity contribution is 0.282. The van der Waals surface area contributed by atoms with E-state index in [2.05, 4.69) is 15.9 Å². The lowest BCUT2D eigenvalue weighted by Crippen LogP contribution is -1.96. The zero-order valence-electron chi connectivity index (χ0n) is 9.64. The molecule has 0 fully saturated rings. The van der Waals surface area contributed by atoms with Crippen molar-refractivity contribution in [3.8, 4) is 17.2 Å². The van der Waals surface area contributed by atoms with Crippen LogP contribution < -0.4 is 4.74 Å². The second-order valence-electron chi connectivity index (χ2n) is 3.83. The van der Waals surface area contributed by atoms with Gasteiger partial charge in [0, 0.05) is 10.9 Å². The van der Waals surface area contributed by atoms with Crippen LogP contribution in [0.2, 0.25) is 0 Å².